The molecule has 1 N–H and O–H groups in total. The largest absolute Gasteiger partial charge is 0.494 e. The molecule has 0 saturated carbocycles. The van der Waals surface area contributed by atoms with E-state index < -0.39 is 10.0 Å². The number of nitrogens with one attached hydrogen (secondary N) is 1. The summed E-state index contributed by atoms with van der Waals surface area (Å²) in [5, 5.41) is 0. The highest BCUT2D eigenvalue weighted by Crippen LogP contribution is 2.23. The number of fused-ring (bicyclic) bond motifs is 1. The number of benzene rings is 2. The molecule has 2 aromatic carbocycles. The molecular formula is C17H19N3O3S. The Morgan fingerprint density at radius 2 is 1.88 bits per heavy atom. The molecule has 0 unspecified atom stereocenters. The fraction of sp³-hybridized carbons (Fsp3) is 0.235. The zero-order chi connectivity index (χ0) is 17.3. The van der Waals surface area contributed by atoms with E-state index in [4.69, 9.17) is 4.74 Å². The van der Waals surface area contributed by atoms with E-state index in [1.54, 1.807) is 24.3 Å². The zero-order valence-electron chi connectivity index (χ0n) is 13.8. The van der Waals surface area contributed by atoms with Crippen LogP contribution in [0.3, 0.4) is 0 Å². The van der Waals surface area contributed by atoms with Gasteiger partial charge in [-0.2, -0.15) is 0 Å². The Hall–Kier alpha value is -2.54. The van der Waals surface area contributed by atoms with Crippen LogP contribution < -0.4 is 9.46 Å². The summed E-state index contributed by atoms with van der Waals surface area (Å²) in [5.41, 5.74) is 2.19. The monoisotopic (exact) mass is 345 g/mol. The normalized spacial score (nSPS) is 11.6. The molecule has 126 valence electrons. The summed E-state index contributed by atoms with van der Waals surface area (Å²) in [6.45, 7) is 4.32. The molecule has 7 heteroatoms. The SMILES string of the molecule is CCOc1ccc(S(=O)(=O)Nc2ccc3c(c2)nc(C)n3C)cc1. The van der Waals surface area contributed by atoms with Gasteiger partial charge >= 0.3 is 0 Å². The van der Waals surface area contributed by atoms with Crippen molar-refractivity contribution in [2.24, 2.45) is 7.05 Å². The van der Waals surface area contributed by atoms with Crippen molar-refractivity contribution < 1.29 is 13.2 Å². The van der Waals surface area contributed by atoms with Crippen LogP contribution in [0.2, 0.25) is 0 Å². The molecule has 6 nitrogen and oxygen atoms in total. The minimum absolute atomic E-state index is 0.184. The van der Waals surface area contributed by atoms with Gasteiger partial charge in [0.15, 0.2) is 0 Å². The first-order valence-corrected chi connectivity index (χ1v) is 9.08. The summed E-state index contributed by atoms with van der Waals surface area (Å²) < 4.78 is 34.9. The first-order chi connectivity index (χ1) is 11.4. The highest BCUT2D eigenvalue weighted by molar-refractivity contribution is 7.92. The van der Waals surface area contributed by atoms with E-state index in [2.05, 4.69) is 9.71 Å². The number of anilines is 1. The Labute approximate surface area is 141 Å². The van der Waals surface area contributed by atoms with Crippen molar-refractivity contribution in [1.82, 2.24) is 9.55 Å². The summed E-state index contributed by atoms with van der Waals surface area (Å²) in [6, 6.07) is 11.6. The van der Waals surface area contributed by atoms with Crippen LogP contribution in [0.4, 0.5) is 5.69 Å². The molecular weight excluding hydrogens is 326 g/mol. The molecule has 0 spiro atoms. The van der Waals surface area contributed by atoms with Gasteiger partial charge in [-0.15, -0.1) is 0 Å². The van der Waals surface area contributed by atoms with Crippen LogP contribution in [0.1, 0.15) is 12.7 Å². The summed E-state index contributed by atoms with van der Waals surface area (Å²) in [7, 11) is -1.73. The lowest BCUT2D eigenvalue weighted by molar-refractivity contribution is 0.340. The topological polar surface area (TPSA) is 73.2 Å². The molecule has 0 aliphatic rings. The highest BCUT2D eigenvalue weighted by atomic mass is 32.2. The number of hydrogen-bond acceptors (Lipinski definition) is 4. The van der Waals surface area contributed by atoms with Gasteiger partial charge in [-0.05, 0) is 56.3 Å². The maximum atomic E-state index is 12.5. The van der Waals surface area contributed by atoms with Crippen molar-refractivity contribution in [3.63, 3.8) is 0 Å². The number of aromatic nitrogens is 2. The van der Waals surface area contributed by atoms with Crippen LogP contribution >= 0.6 is 0 Å². The molecule has 0 aliphatic carbocycles. The number of rotatable bonds is 5. The Balaban J connectivity index is 1.88. The van der Waals surface area contributed by atoms with Crippen LogP contribution in [0, 0.1) is 6.92 Å². The van der Waals surface area contributed by atoms with Crippen LogP contribution in [-0.2, 0) is 17.1 Å². The fourth-order valence-electron chi connectivity index (χ4n) is 2.48. The smallest absolute Gasteiger partial charge is 0.261 e. The van der Waals surface area contributed by atoms with Crippen molar-refractivity contribution >= 4 is 26.7 Å². The number of imidazole rings is 1. The van der Waals surface area contributed by atoms with E-state index in [9.17, 15) is 8.42 Å². The predicted molar refractivity (Wildman–Crippen MR) is 93.9 cm³/mol. The van der Waals surface area contributed by atoms with Crippen LogP contribution in [-0.4, -0.2) is 24.6 Å². The van der Waals surface area contributed by atoms with Gasteiger partial charge in [0.2, 0.25) is 0 Å². The van der Waals surface area contributed by atoms with E-state index >= 15 is 0 Å². The van der Waals surface area contributed by atoms with Crippen LogP contribution in [0.15, 0.2) is 47.4 Å². The van der Waals surface area contributed by atoms with Gasteiger partial charge in [-0.1, -0.05) is 0 Å². The summed E-state index contributed by atoms with van der Waals surface area (Å²) in [5.74, 6) is 1.51. The number of hydrogen-bond donors (Lipinski definition) is 1. The quantitative estimate of drug-likeness (QED) is 0.771. The molecule has 0 saturated heterocycles. The third kappa shape index (κ3) is 3.07. The molecule has 1 aromatic heterocycles. The van der Waals surface area contributed by atoms with Crippen LogP contribution in [0.5, 0.6) is 5.75 Å². The van der Waals surface area contributed by atoms with Gasteiger partial charge in [0.25, 0.3) is 10.0 Å². The third-order valence-electron chi connectivity index (χ3n) is 3.80. The number of ether oxygens (including phenoxy) is 1. The molecule has 0 bridgehead atoms. The van der Waals surface area contributed by atoms with Crippen molar-refractivity contribution in [2.75, 3.05) is 11.3 Å². The maximum absolute atomic E-state index is 12.5. The van der Waals surface area contributed by atoms with Crippen molar-refractivity contribution in [2.45, 2.75) is 18.7 Å². The molecule has 0 amide bonds. The van der Waals surface area contributed by atoms with E-state index in [0.717, 1.165) is 16.9 Å². The van der Waals surface area contributed by atoms with E-state index in [0.29, 0.717) is 18.0 Å². The molecule has 1 heterocycles. The second-order valence-corrected chi connectivity index (χ2v) is 7.11. The zero-order valence-corrected chi connectivity index (χ0v) is 14.6. The number of nitrogens with zero attached hydrogens (tertiary/aromatic N) is 2. The minimum Gasteiger partial charge on any atom is -0.494 e. The Kier molecular flexibility index (Phi) is 4.19. The van der Waals surface area contributed by atoms with Crippen molar-refractivity contribution in [1.29, 1.82) is 0 Å². The predicted octanol–water partition coefficient (Wildman–Crippen LogP) is 3.08. The molecule has 0 radical (unpaired) electrons. The van der Waals surface area contributed by atoms with E-state index in [-0.39, 0.29) is 4.90 Å². The second kappa shape index (κ2) is 6.16. The van der Waals surface area contributed by atoms with Crippen molar-refractivity contribution in [3.8, 4) is 5.75 Å². The molecule has 3 rings (SSSR count). The van der Waals surface area contributed by atoms with Gasteiger partial charge in [0, 0.05) is 7.05 Å². The summed E-state index contributed by atoms with van der Waals surface area (Å²) in [6.07, 6.45) is 0. The number of sulfonamides is 1. The van der Waals surface area contributed by atoms with Gasteiger partial charge in [-0.3, -0.25) is 4.72 Å². The molecule has 0 atom stereocenters. The average Bonchev–Trinajstić information content (AvgIpc) is 2.82. The van der Waals surface area contributed by atoms with E-state index in [1.807, 2.05) is 31.5 Å². The van der Waals surface area contributed by atoms with Gasteiger partial charge in [0.05, 0.1) is 28.2 Å². The highest BCUT2D eigenvalue weighted by Gasteiger charge is 2.15. The first-order valence-electron chi connectivity index (χ1n) is 7.59. The average molecular weight is 345 g/mol. The van der Waals surface area contributed by atoms with Crippen LogP contribution in [0.25, 0.3) is 11.0 Å². The third-order valence-corrected chi connectivity index (χ3v) is 5.20. The first kappa shape index (κ1) is 16.3. The summed E-state index contributed by atoms with van der Waals surface area (Å²) in [4.78, 5) is 4.60. The standard InChI is InChI=1S/C17H19N3O3S/c1-4-23-14-6-8-15(9-7-14)24(21,22)19-13-5-10-17-16(11-13)18-12(2)20(17)3/h5-11,19H,4H2,1-3H3. The summed E-state index contributed by atoms with van der Waals surface area (Å²) >= 11 is 0. The van der Waals surface area contributed by atoms with E-state index in [1.165, 1.54) is 12.1 Å². The Morgan fingerprint density at radius 3 is 2.54 bits per heavy atom. The lowest BCUT2D eigenvalue weighted by Gasteiger charge is -2.09. The Morgan fingerprint density at radius 1 is 1.17 bits per heavy atom. The fourth-order valence-corrected chi connectivity index (χ4v) is 3.53. The van der Waals surface area contributed by atoms with Gasteiger partial charge in [0.1, 0.15) is 11.6 Å². The van der Waals surface area contributed by atoms with Gasteiger partial charge < -0.3 is 9.30 Å². The lowest BCUT2D eigenvalue weighted by atomic mass is 10.3. The minimum atomic E-state index is -3.66. The Bertz CT molecular complexity index is 976. The van der Waals surface area contributed by atoms with Gasteiger partial charge in [-0.25, -0.2) is 13.4 Å². The molecule has 0 aliphatic heterocycles. The maximum Gasteiger partial charge on any atom is 0.261 e. The molecule has 3 aromatic rings. The molecule has 0 fully saturated rings. The number of aryl methyl sites for hydroxylation is 2. The van der Waals surface area contributed by atoms with Crippen molar-refractivity contribution in [3.05, 3.63) is 48.3 Å². The molecule has 24 heavy (non-hydrogen) atoms. The second-order valence-electron chi connectivity index (χ2n) is 5.43. The lowest BCUT2D eigenvalue weighted by Crippen LogP contribution is -2.12.